The van der Waals surface area contributed by atoms with Gasteiger partial charge in [-0.05, 0) is 43.4 Å². The van der Waals surface area contributed by atoms with E-state index in [0.29, 0.717) is 57.7 Å². The van der Waals surface area contributed by atoms with Gasteiger partial charge < -0.3 is 24.5 Å². The summed E-state index contributed by atoms with van der Waals surface area (Å²) in [5.74, 6) is 1.32. The molecule has 0 bridgehead atoms. The van der Waals surface area contributed by atoms with E-state index in [1.807, 2.05) is 22.2 Å². The van der Waals surface area contributed by atoms with Crippen LogP contribution in [0, 0.1) is 5.92 Å². The summed E-state index contributed by atoms with van der Waals surface area (Å²) in [5, 5.41) is 3.93. The molecule has 2 N–H and O–H groups in total. The standard InChI is InChI=1S/C25H28FN5O4S/c1-29-23-19(5-15(7-22(23)35-2)25(32)30-10-17(26)8-18(27)11-30)28-24(29)20-6-16-12-36(33,34)13-21(16)31(20)9-14-3-4-14/h5-7,12-14,17-18H,3-4,8-11,27H2,1-2H3/t17-,18-/m1/s1. The number of aryl methyl sites for hydroxylation is 1. The van der Waals surface area contributed by atoms with Crippen LogP contribution in [0.2, 0.25) is 0 Å². The van der Waals surface area contributed by atoms with Gasteiger partial charge in [0.25, 0.3) is 5.91 Å². The number of carbonyl (C=O) groups excluding carboxylic acids is 1. The van der Waals surface area contributed by atoms with E-state index in [1.165, 1.54) is 22.8 Å². The molecule has 3 aliphatic rings. The van der Waals surface area contributed by atoms with Crippen molar-refractivity contribution in [2.75, 3.05) is 20.2 Å². The van der Waals surface area contributed by atoms with Crippen molar-refractivity contribution in [1.29, 1.82) is 0 Å². The zero-order chi connectivity index (χ0) is 25.4. The molecule has 0 spiro atoms. The zero-order valence-corrected chi connectivity index (χ0v) is 21.0. The lowest BCUT2D eigenvalue weighted by Crippen LogP contribution is -2.50. The summed E-state index contributed by atoms with van der Waals surface area (Å²) < 4.78 is 48.0. The first-order valence-corrected chi connectivity index (χ1v) is 13.7. The molecule has 1 saturated carbocycles. The molecule has 1 amide bonds. The van der Waals surface area contributed by atoms with Gasteiger partial charge in [0.1, 0.15) is 17.4 Å². The number of hydrogen-bond donors (Lipinski definition) is 1. The number of ether oxygens (including phenoxy) is 1. The molecule has 1 saturated heterocycles. The molecule has 36 heavy (non-hydrogen) atoms. The van der Waals surface area contributed by atoms with Gasteiger partial charge in [0.15, 0.2) is 15.7 Å². The van der Waals surface area contributed by atoms with Gasteiger partial charge in [-0.15, -0.1) is 0 Å². The minimum atomic E-state index is -3.37. The lowest BCUT2D eigenvalue weighted by molar-refractivity contribution is 0.0606. The monoisotopic (exact) mass is 513 g/mol. The maximum atomic E-state index is 14.1. The van der Waals surface area contributed by atoms with E-state index in [1.54, 1.807) is 12.1 Å². The molecule has 2 fully saturated rings. The summed E-state index contributed by atoms with van der Waals surface area (Å²) >= 11 is 0. The lowest BCUT2D eigenvalue weighted by Gasteiger charge is -2.33. The molecule has 6 rings (SSSR count). The fraction of sp³-hybridized carbons (Fsp3) is 0.440. The van der Waals surface area contributed by atoms with Crippen LogP contribution in [0.1, 0.15) is 29.6 Å². The summed E-state index contributed by atoms with van der Waals surface area (Å²) in [6.45, 7) is 1.02. The Bertz CT molecular complexity index is 1630. The highest BCUT2D eigenvalue weighted by molar-refractivity contribution is 8.06. The predicted octanol–water partition coefficient (Wildman–Crippen LogP) is 0.876. The third kappa shape index (κ3) is 3.90. The van der Waals surface area contributed by atoms with Crippen LogP contribution in [0.3, 0.4) is 0 Å². The Labute approximate surface area is 207 Å². The Morgan fingerprint density at radius 1 is 1.22 bits per heavy atom. The molecule has 0 unspecified atom stereocenters. The first kappa shape index (κ1) is 23.2. The first-order valence-electron chi connectivity index (χ1n) is 12.1. The number of imidazole rings is 1. The number of amides is 1. The molecule has 190 valence electrons. The molecule has 11 heteroatoms. The number of benzene rings is 1. The minimum absolute atomic E-state index is 0.0104. The third-order valence-corrected chi connectivity index (χ3v) is 8.36. The molecule has 0 radical (unpaired) electrons. The number of rotatable bonds is 5. The largest absolute Gasteiger partial charge is 0.494 e. The Morgan fingerprint density at radius 3 is 2.69 bits per heavy atom. The van der Waals surface area contributed by atoms with Crippen LogP contribution < -0.4 is 21.0 Å². The van der Waals surface area contributed by atoms with E-state index in [0.717, 1.165) is 18.5 Å². The maximum Gasteiger partial charge on any atom is 0.254 e. The molecular formula is C25H28FN5O4S. The SMILES string of the molecule is COc1cc(C(=O)N2C[C@H](N)C[C@@H](F)C2)cc2nc(-c3cc4c(n3CC3CC3)=CS(=O)(=O)C=4)n(C)c12. The molecule has 2 aromatic heterocycles. The summed E-state index contributed by atoms with van der Waals surface area (Å²) in [6.07, 6.45) is 1.33. The van der Waals surface area contributed by atoms with Gasteiger partial charge in [0.05, 0.1) is 35.6 Å². The van der Waals surface area contributed by atoms with Gasteiger partial charge in [-0.2, -0.15) is 0 Å². The highest BCUT2D eigenvalue weighted by Crippen LogP contribution is 2.34. The Balaban J connectivity index is 1.47. The normalized spacial score (nSPS) is 22.8. The fourth-order valence-electron chi connectivity index (χ4n) is 5.36. The van der Waals surface area contributed by atoms with Gasteiger partial charge in [-0.1, -0.05) is 0 Å². The highest BCUT2D eigenvalue weighted by Gasteiger charge is 2.30. The topological polar surface area (TPSA) is 112 Å². The van der Waals surface area contributed by atoms with Crippen molar-refractivity contribution in [3.05, 3.63) is 34.3 Å². The predicted molar refractivity (Wildman–Crippen MR) is 134 cm³/mol. The summed E-state index contributed by atoms with van der Waals surface area (Å²) in [7, 11) is 0.0278. The van der Waals surface area contributed by atoms with Crippen LogP contribution in [0.25, 0.3) is 33.4 Å². The number of methoxy groups -OCH3 is 1. The van der Waals surface area contributed by atoms with Crippen LogP contribution in [0.5, 0.6) is 5.75 Å². The molecule has 1 aliphatic carbocycles. The quantitative estimate of drug-likeness (QED) is 0.542. The van der Waals surface area contributed by atoms with Gasteiger partial charge in [0, 0.05) is 42.4 Å². The van der Waals surface area contributed by atoms with E-state index in [-0.39, 0.29) is 18.9 Å². The van der Waals surface area contributed by atoms with Crippen LogP contribution in [-0.4, -0.2) is 65.8 Å². The first-order chi connectivity index (χ1) is 17.1. The molecule has 1 aromatic carbocycles. The van der Waals surface area contributed by atoms with Gasteiger partial charge >= 0.3 is 0 Å². The zero-order valence-electron chi connectivity index (χ0n) is 20.1. The van der Waals surface area contributed by atoms with Crippen molar-refractivity contribution in [2.45, 2.75) is 38.0 Å². The fourth-order valence-corrected chi connectivity index (χ4v) is 6.54. The number of carbonyl (C=O) groups is 1. The van der Waals surface area contributed by atoms with Gasteiger partial charge in [0.2, 0.25) is 0 Å². The highest BCUT2D eigenvalue weighted by atomic mass is 32.2. The van der Waals surface area contributed by atoms with Crippen molar-refractivity contribution < 1.29 is 22.3 Å². The number of nitrogens with zero attached hydrogens (tertiary/aromatic N) is 4. The molecular weight excluding hydrogens is 485 g/mol. The van der Waals surface area contributed by atoms with Crippen LogP contribution in [0.4, 0.5) is 4.39 Å². The Kier molecular flexibility index (Phi) is 5.27. The number of halogens is 1. The third-order valence-electron chi connectivity index (χ3n) is 7.22. The van der Waals surface area contributed by atoms with Crippen LogP contribution in [-0.2, 0) is 23.4 Å². The smallest absolute Gasteiger partial charge is 0.254 e. The van der Waals surface area contributed by atoms with E-state index >= 15 is 0 Å². The van der Waals surface area contributed by atoms with Crippen LogP contribution in [0.15, 0.2) is 18.2 Å². The maximum absolute atomic E-state index is 14.1. The van der Waals surface area contributed by atoms with Gasteiger partial charge in [-0.3, -0.25) is 4.79 Å². The van der Waals surface area contributed by atoms with E-state index in [9.17, 15) is 17.6 Å². The summed E-state index contributed by atoms with van der Waals surface area (Å²) in [5.41, 5.74) is 8.39. The average Bonchev–Trinajstić information content (AvgIpc) is 3.41. The van der Waals surface area contributed by atoms with Crippen molar-refractivity contribution in [2.24, 2.45) is 18.7 Å². The number of likely N-dealkylation sites (tertiary alicyclic amines) is 1. The van der Waals surface area contributed by atoms with Crippen molar-refractivity contribution in [1.82, 2.24) is 19.0 Å². The van der Waals surface area contributed by atoms with E-state index < -0.39 is 22.1 Å². The number of fused-ring (bicyclic) bond motifs is 2. The molecule has 2 aliphatic heterocycles. The second-order valence-corrected chi connectivity index (χ2v) is 11.7. The van der Waals surface area contributed by atoms with E-state index in [2.05, 4.69) is 0 Å². The minimum Gasteiger partial charge on any atom is -0.494 e. The van der Waals surface area contributed by atoms with Crippen LogP contribution >= 0.6 is 0 Å². The molecule has 9 nitrogen and oxygen atoms in total. The number of aromatic nitrogens is 3. The Hall–Kier alpha value is -3.18. The summed E-state index contributed by atoms with van der Waals surface area (Å²) in [4.78, 5) is 19.6. The molecule has 2 atom stereocenters. The summed E-state index contributed by atoms with van der Waals surface area (Å²) in [6, 6.07) is 4.81. The lowest BCUT2D eigenvalue weighted by atomic mass is 10.0. The van der Waals surface area contributed by atoms with Gasteiger partial charge in [-0.25, -0.2) is 17.8 Å². The Morgan fingerprint density at radius 2 is 2.00 bits per heavy atom. The molecule has 3 aromatic rings. The van der Waals surface area contributed by atoms with Crippen molar-refractivity contribution in [3.63, 3.8) is 0 Å². The molecule has 4 heterocycles. The van der Waals surface area contributed by atoms with Crippen molar-refractivity contribution >= 4 is 37.6 Å². The number of nitrogens with two attached hydrogens (primary N) is 1. The number of alkyl halides is 1. The second-order valence-electron chi connectivity index (χ2n) is 10.1. The number of piperidine rings is 1. The second kappa shape index (κ2) is 8.17. The van der Waals surface area contributed by atoms with E-state index in [4.69, 9.17) is 15.5 Å². The van der Waals surface area contributed by atoms with Crippen molar-refractivity contribution in [3.8, 4) is 17.3 Å². The average molecular weight is 514 g/mol. The number of hydrogen-bond acceptors (Lipinski definition) is 6. The number of sulfone groups is 1.